The lowest BCUT2D eigenvalue weighted by Gasteiger charge is -2.29. The van der Waals surface area contributed by atoms with Crippen LogP contribution in [0.2, 0.25) is 0 Å². The summed E-state index contributed by atoms with van der Waals surface area (Å²) < 4.78 is 55.5. The van der Waals surface area contributed by atoms with Gasteiger partial charge >= 0.3 is 0 Å². The van der Waals surface area contributed by atoms with Gasteiger partial charge in [0, 0.05) is 23.7 Å². The molecule has 2 N–H and O–H groups in total. The largest absolute Gasteiger partial charge is 0.315 e. The van der Waals surface area contributed by atoms with Crippen molar-refractivity contribution in [1.82, 2.24) is 10.0 Å². The average molecular weight is 465 g/mol. The van der Waals surface area contributed by atoms with Crippen LogP contribution in [0.4, 0.5) is 8.78 Å². The molecular formula is C25H34F2N2O2S. The highest BCUT2D eigenvalue weighted by Crippen LogP contribution is 2.30. The van der Waals surface area contributed by atoms with Crippen molar-refractivity contribution in [2.45, 2.75) is 75.8 Å². The number of benzene rings is 2. The van der Waals surface area contributed by atoms with Crippen molar-refractivity contribution in [3.05, 3.63) is 54.1 Å². The van der Waals surface area contributed by atoms with E-state index in [1.54, 1.807) is 12.1 Å². The Morgan fingerprint density at radius 2 is 1.66 bits per heavy atom. The Bertz CT molecular complexity index is 970. The zero-order chi connectivity index (χ0) is 23.1. The molecule has 0 unspecified atom stereocenters. The first-order valence-electron chi connectivity index (χ1n) is 11.6. The first kappa shape index (κ1) is 24.8. The normalized spacial score (nSPS) is 19.4. The minimum atomic E-state index is -3.64. The van der Waals surface area contributed by atoms with E-state index >= 15 is 0 Å². The molecule has 7 heteroatoms. The van der Waals surface area contributed by atoms with Gasteiger partial charge in [-0.3, -0.25) is 0 Å². The van der Waals surface area contributed by atoms with Gasteiger partial charge in [0.05, 0.1) is 4.90 Å². The van der Waals surface area contributed by atoms with Gasteiger partial charge in [-0.15, -0.1) is 0 Å². The lowest BCUT2D eigenvalue weighted by Crippen LogP contribution is -2.37. The zero-order valence-corrected chi connectivity index (χ0v) is 19.7. The van der Waals surface area contributed by atoms with E-state index in [2.05, 4.69) is 23.9 Å². The Balaban J connectivity index is 1.49. The fraction of sp³-hybridized carbons (Fsp3) is 0.520. The third-order valence-corrected chi connectivity index (χ3v) is 7.70. The summed E-state index contributed by atoms with van der Waals surface area (Å²) in [6.07, 6.45) is 7.41. The third kappa shape index (κ3) is 7.09. The molecule has 1 fully saturated rings. The highest BCUT2D eigenvalue weighted by molar-refractivity contribution is 7.89. The Morgan fingerprint density at radius 3 is 2.28 bits per heavy atom. The maximum atomic E-state index is 14.0. The molecule has 32 heavy (non-hydrogen) atoms. The summed E-state index contributed by atoms with van der Waals surface area (Å²) in [5.41, 5.74) is 0.743. The molecule has 0 spiro atoms. The highest BCUT2D eigenvalue weighted by atomic mass is 32.2. The highest BCUT2D eigenvalue weighted by Gasteiger charge is 2.25. The molecule has 0 saturated heterocycles. The van der Waals surface area contributed by atoms with Gasteiger partial charge in [-0.2, -0.15) is 0 Å². The number of hydrogen-bond acceptors (Lipinski definition) is 3. The number of hydrogen-bond donors (Lipinski definition) is 2. The molecule has 0 radical (unpaired) electrons. The fourth-order valence-corrected chi connectivity index (χ4v) is 5.65. The van der Waals surface area contributed by atoms with Crippen molar-refractivity contribution in [2.75, 3.05) is 6.54 Å². The van der Waals surface area contributed by atoms with E-state index in [0.29, 0.717) is 17.5 Å². The van der Waals surface area contributed by atoms with Gasteiger partial charge in [-0.25, -0.2) is 21.9 Å². The molecule has 3 rings (SSSR count). The summed E-state index contributed by atoms with van der Waals surface area (Å²) in [6, 6.07) is 9.88. The van der Waals surface area contributed by atoms with Gasteiger partial charge in [0.2, 0.25) is 10.0 Å². The molecule has 0 aliphatic heterocycles. The van der Waals surface area contributed by atoms with Crippen LogP contribution >= 0.6 is 0 Å². The minimum Gasteiger partial charge on any atom is -0.315 e. The second-order valence-electron chi connectivity index (χ2n) is 9.09. The number of unbranched alkanes of at least 4 members (excludes halogenated alkanes) is 1. The van der Waals surface area contributed by atoms with E-state index in [1.807, 2.05) is 0 Å². The van der Waals surface area contributed by atoms with Crippen LogP contribution in [0.1, 0.15) is 58.8 Å². The Hall–Kier alpha value is -1.83. The van der Waals surface area contributed by atoms with Crippen molar-refractivity contribution < 1.29 is 17.2 Å². The van der Waals surface area contributed by atoms with Gasteiger partial charge in [0.25, 0.3) is 0 Å². The Morgan fingerprint density at radius 1 is 0.969 bits per heavy atom. The monoisotopic (exact) mass is 464 g/mol. The van der Waals surface area contributed by atoms with E-state index in [1.165, 1.54) is 43.5 Å². The van der Waals surface area contributed by atoms with Crippen LogP contribution in [-0.4, -0.2) is 27.0 Å². The van der Waals surface area contributed by atoms with E-state index in [9.17, 15) is 17.2 Å². The Labute approximate surface area is 190 Å². The molecule has 0 atom stereocenters. The van der Waals surface area contributed by atoms with Gasteiger partial charge in [0.15, 0.2) is 0 Å². The van der Waals surface area contributed by atoms with Crippen LogP contribution < -0.4 is 10.0 Å². The molecule has 0 bridgehead atoms. The molecule has 2 aromatic rings. The standard InChI is InChI=1S/C25H34F2N2O2S/c1-18(2)28-16-4-3-5-19-6-11-22(12-7-19)29-32(30,31)23-13-8-20(9-14-23)24-15-10-21(26)17-25(24)27/h8-10,13-15,17-19,22,28-29H,3-7,11-12,16H2,1-2H3. The van der Waals surface area contributed by atoms with Crippen LogP contribution in [0.15, 0.2) is 47.4 Å². The predicted molar refractivity (Wildman–Crippen MR) is 125 cm³/mol. The molecule has 1 saturated carbocycles. The quantitative estimate of drug-likeness (QED) is 0.448. The Kier molecular flexibility index (Phi) is 8.79. The molecule has 4 nitrogen and oxygen atoms in total. The van der Waals surface area contributed by atoms with E-state index in [-0.39, 0.29) is 16.5 Å². The molecule has 1 aliphatic carbocycles. The number of halogens is 2. The topological polar surface area (TPSA) is 58.2 Å². The van der Waals surface area contributed by atoms with Crippen molar-refractivity contribution in [1.29, 1.82) is 0 Å². The zero-order valence-electron chi connectivity index (χ0n) is 18.9. The molecule has 0 amide bonds. The SMILES string of the molecule is CC(C)NCCCCC1CCC(NS(=O)(=O)c2ccc(-c3ccc(F)cc3F)cc2)CC1. The van der Waals surface area contributed by atoms with Crippen LogP contribution in [-0.2, 0) is 10.0 Å². The summed E-state index contributed by atoms with van der Waals surface area (Å²) >= 11 is 0. The first-order chi connectivity index (χ1) is 15.2. The summed E-state index contributed by atoms with van der Waals surface area (Å²) in [5, 5.41) is 3.44. The van der Waals surface area contributed by atoms with Crippen LogP contribution in [0.3, 0.4) is 0 Å². The second kappa shape index (κ2) is 11.3. The summed E-state index contributed by atoms with van der Waals surface area (Å²) in [4.78, 5) is 0.156. The average Bonchev–Trinajstić information content (AvgIpc) is 2.74. The molecule has 1 aliphatic rings. The van der Waals surface area contributed by atoms with Crippen LogP contribution in [0.5, 0.6) is 0 Å². The summed E-state index contributed by atoms with van der Waals surface area (Å²) in [7, 11) is -3.64. The van der Waals surface area contributed by atoms with Crippen molar-refractivity contribution in [2.24, 2.45) is 5.92 Å². The third-order valence-electron chi connectivity index (χ3n) is 6.17. The molecule has 2 aromatic carbocycles. The molecule has 0 aromatic heterocycles. The smallest absolute Gasteiger partial charge is 0.240 e. The van der Waals surface area contributed by atoms with Crippen LogP contribution in [0.25, 0.3) is 11.1 Å². The summed E-state index contributed by atoms with van der Waals surface area (Å²) in [5.74, 6) is -0.640. The van der Waals surface area contributed by atoms with Gasteiger partial charge in [0.1, 0.15) is 11.6 Å². The first-order valence-corrected chi connectivity index (χ1v) is 13.0. The summed E-state index contributed by atoms with van der Waals surface area (Å²) in [6.45, 7) is 5.36. The number of rotatable bonds is 10. The fourth-order valence-electron chi connectivity index (χ4n) is 4.34. The number of sulfonamides is 1. The molecule has 0 heterocycles. The van der Waals surface area contributed by atoms with Gasteiger partial charge in [-0.1, -0.05) is 38.8 Å². The van der Waals surface area contributed by atoms with E-state index in [0.717, 1.165) is 38.3 Å². The van der Waals surface area contributed by atoms with Crippen LogP contribution in [0, 0.1) is 17.6 Å². The van der Waals surface area contributed by atoms with E-state index < -0.39 is 21.7 Å². The minimum absolute atomic E-state index is 0.0481. The van der Waals surface area contributed by atoms with Crippen molar-refractivity contribution in [3.8, 4) is 11.1 Å². The van der Waals surface area contributed by atoms with Gasteiger partial charge < -0.3 is 5.32 Å². The molecule has 176 valence electrons. The van der Waals surface area contributed by atoms with E-state index in [4.69, 9.17) is 0 Å². The van der Waals surface area contributed by atoms with Crippen molar-refractivity contribution >= 4 is 10.0 Å². The van der Waals surface area contributed by atoms with Crippen molar-refractivity contribution in [3.63, 3.8) is 0 Å². The van der Waals surface area contributed by atoms with Gasteiger partial charge in [-0.05, 0) is 74.4 Å². The predicted octanol–water partition coefficient (Wildman–Crippen LogP) is 5.64. The maximum Gasteiger partial charge on any atom is 0.240 e. The number of nitrogens with one attached hydrogen (secondary N) is 2. The second-order valence-corrected chi connectivity index (χ2v) is 10.8. The lowest BCUT2D eigenvalue weighted by molar-refractivity contribution is 0.292. The lowest BCUT2D eigenvalue weighted by atomic mass is 9.83. The maximum absolute atomic E-state index is 14.0. The molecular weight excluding hydrogens is 430 g/mol.